The third-order valence-electron chi connectivity index (χ3n) is 4.07. The third kappa shape index (κ3) is 5.71. The number of alkyl halides is 3. The fraction of sp³-hybridized carbons (Fsp3) is 0.190. The summed E-state index contributed by atoms with van der Waals surface area (Å²) in [7, 11) is 0. The fourth-order valence-corrected chi connectivity index (χ4v) is 2.82. The Balaban J connectivity index is 2.02. The van der Waals surface area contributed by atoms with Gasteiger partial charge in [-0.05, 0) is 49.4 Å². The van der Waals surface area contributed by atoms with Gasteiger partial charge in [0.2, 0.25) is 5.95 Å². The maximum absolute atomic E-state index is 12.9. The average molecular weight is 451 g/mol. The average Bonchev–Trinajstić information content (AvgIpc) is 2.72. The Morgan fingerprint density at radius 3 is 2.52 bits per heavy atom. The van der Waals surface area contributed by atoms with E-state index in [0.717, 1.165) is 29.2 Å². The van der Waals surface area contributed by atoms with Gasteiger partial charge in [0, 0.05) is 22.8 Å². The normalized spacial score (nSPS) is 12.3. The monoisotopic (exact) mass is 450 g/mol. The highest BCUT2D eigenvalue weighted by atomic mass is 35.5. The molecule has 6 nitrogen and oxygen atoms in total. The summed E-state index contributed by atoms with van der Waals surface area (Å²) in [6.45, 7) is 1.55. The van der Waals surface area contributed by atoms with E-state index in [9.17, 15) is 18.0 Å². The largest absolute Gasteiger partial charge is 0.447 e. The van der Waals surface area contributed by atoms with Crippen LogP contribution in [0.4, 0.5) is 29.6 Å². The molecule has 0 aliphatic carbocycles. The molecule has 10 heteroatoms. The molecule has 0 bridgehead atoms. The van der Waals surface area contributed by atoms with Crippen LogP contribution in [0, 0.1) is 0 Å². The maximum atomic E-state index is 12.9. The summed E-state index contributed by atoms with van der Waals surface area (Å²) in [5.41, 5.74) is 6.02. The zero-order valence-electron chi connectivity index (χ0n) is 16.3. The molecular formula is C21H18ClF3N4O2. The van der Waals surface area contributed by atoms with Gasteiger partial charge in [0.1, 0.15) is 6.61 Å². The molecule has 0 spiro atoms. The molecule has 3 aromatic rings. The van der Waals surface area contributed by atoms with Crippen molar-refractivity contribution in [2.24, 2.45) is 5.73 Å². The molecule has 1 atom stereocenters. The summed E-state index contributed by atoms with van der Waals surface area (Å²) in [5.74, 6) is -0.0769. The number of carbonyl (C=O) groups excluding carboxylic acids is 1. The Morgan fingerprint density at radius 1 is 1.19 bits per heavy atom. The highest BCUT2D eigenvalue weighted by Crippen LogP contribution is 2.32. The van der Waals surface area contributed by atoms with E-state index in [-0.39, 0.29) is 18.2 Å². The van der Waals surface area contributed by atoms with E-state index in [0.29, 0.717) is 16.3 Å². The highest BCUT2D eigenvalue weighted by molar-refractivity contribution is 6.30. The molecule has 0 saturated heterocycles. The standard InChI is InChI=1S/C21H18ClF3N4O2/c1-13(26)12-31-20(30)29(17-7-5-15(6-8-17)21(23,24)25)19-27-10-9-18(28-19)14-3-2-4-16(22)11-14/h2-11,13H,12,26H2,1H3. The summed E-state index contributed by atoms with van der Waals surface area (Å²) >= 11 is 6.03. The second-order valence-electron chi connectivity index (χ2n) is 6.69. The van der Waals surface area contributed by atoms with Gasteiger partial charge in [0.15, 0.2) is 0 Å². The lowest BCUT2D eigenvalue weighted by Crippen LogP contribution is -2.32. The van der Waals surface area contributed by atoms with Crippen LogP contribution < -0.4 is 10.6 Å². The molecule has 0 fully saturated rings. The van der Waals surface area contributed by atoms with Crippen molar-refractivity contribution in [3.8, 4) is 11.3 Å². The molecule has 1 unspecified atom stereocenters. The Morgan fingerprint density at radius 2 is 1.90 bits per heavy atom. The Labute approximate surface area is 181 Å². The first-order valence-corrected chi connectivity index (χ1v) is 9.51. The number of hydrogen-bond acceptors (Lipinski definition) is 5. The van der Waals surface area contributed by atoms with Crippen molar-refractivity contribution in [2.75, 3.05) is 11.5 Å². The molecule has 0 radical (unpaired) electrons. The van der Waals surface area contributed by atoms with E-state index in [4.69, 9.17) is 22.1 Å². The highest BCUT2D eigenvalue weighted by Gasteiger charge is 2.31. The molecular weight excluding hydrogens is 433 g/mol. The first kappa shape index (κ1) is 22.5. The first-order valence-electron chi connectivity index (χ1n) is 9.14. The summed E-state index contributed by atoms with van der Waals surface area (Å²) in [6, 6.07) is 12.1. The molecule has 0 aliphatic heterocycles. The lowest BCUT2D eigenvalue weighted by molar-refractivity contribution is -0.137. The van der Waals surface area contributed by atoms with Gasteiger partial charge in [-0.2, -0.15) is 13.2 Å². The van der Waals surface area contributed by atoms with Gasteiger partial charge in [-0.15, -0.1) is 0 Å². The van der Waals surface area contributed by atoms with Gasteiger partial charge in [0.05, 0.1) is 16.9 Å². The smallest absolute Gasteiger partial charge is 0.421 e. The molecule has 31 heavy (non-hydrogen) atoms. The lowest BCUT2D eigenvalue weighted by Gasteiger charge is -2.22. The number of halogens is 4. The number of amides is 1. The second-order valence-corrected chi connectivity index (χ2v) is 7.12. The first-order chi connectivity index (χ1) is 14.6. The summed E-state index contributed by atoms with van der Waals surface area (Å²) < 4.78 is 44.0. The Hall–Kier alpha value is -3.17. The number of ether oxygens (including phenoxy) is 1. The van der Waals surface area contributed by atoms with Crippen LogP contribution in [0.15, 0.2) is 60.8 Å². The Bertz CT molecular complexity index is 1060. The number of carbonyl (C=O) groups is 1. The second kappa shape index (κ2) is 9.32. The van der Waals surface area contributed by atoms with E-state index in [1.807, 2.05) is 0 Å². The quantitative estimate of drug-likeness (QED) is 0.560. The van der Waals surface area contributed by atoms with Gasteiger partial charge in [-0.3, -0.25) is 0 Å². The van der Waals surface area contributed by atoms with Crippen LogP contribution >= 0.6 is 11.6 Å². The van der Waals surface area contributed by atoms with E-state index in [2.05, 4.69) is 9.97 Å². The minimum Gasteiger partial charge on any atom is -0.447 e. The summed E-state index contributed by atoms with van der Waals surface area (Å²) in [5, 5.41) is 0.494. The predicted molar refractivity (Wildman–Crippen MR) is 111 cm³/mol. The molecule has 162 valence electrons. The van der Waals surface area contributed by atoms with Crippen molar-refractivity contribution in [1.82, 2.24) is 9.97 Å². The molecule has 1 amide bonds. The molecule has 2 N–H and O–H groups in total. The van der Waals surface area contributed by atoms with E-state index in [1.54, 1.807) is 37.3 Å². The molecule has 1 aromatic heterocycles. The number of benzene rings is 2. The van der Waals surface area contributed by atoms with Crippen molar-refractivity contribution < 1.29 is 22.7 Å². The fourth-order valence-electron chi connectivity index (χ4n) is 2.63. The minimum absolute atomic E-state index is 0.0769. The van der Waals surface area contributed by atoms with E-state index >= 15 is 0 Å². The van der Waals surface area contributed by atoms with Gasteiger partial charge < -0.3 is 10.5 Å². The summed E-state index contributed by atoms with van der Waals surface area (Å²) in [6.07, 6.45) is -3.96. The predicted octanol–water partition coefficient (Wildman–Crippen LogP) is 5.44. The van der Waals surface area contributed by atoms with Crippen LogP contribution in [0.1, 0.15) is 12.5 Å². The van der Waals surface area contributed by atoms with Crippen LogP contribution in [-0.4, -0.2) is 28.7 Å². The van der Waals surface area contributed by atoms with Crippen molar-refractivity contribution in [2.45, 2.75) is 19.1 Å². The van der Waals surface area contributed by atoms with Crippen molar-refractivity contribution in [1.29, 1.82) is 0 Å². The Kier molecular flexibility index (Phi) is 6.77. The molecule has 3 rings (SSSR count). The van der Waals surface area contributed by atoms with Crippen LogP contribution in [0.3, 0.4) is 0 Å². The van der Waals surface area contributed by atoms with Crippen LogP contribution in [0.5, 0.6) is 0 Å². The number of nitrogens with two attached hydrogens (primary N) is 1. The maximum Gasteiger partial charge on any atom is 0.421 e. The zero-order valence-corrected chi connectivity index (χ0v) is 17.1. The number of anilines is 2. The van der Waals surface area contributed by atoms with Gasteiger partial charge in [0.25, 0.3) is 0 Å². The molecule has 1 heterocycles. The van der Waals surface area contributed by atoms with Crippen LogP contribution in [-0.2, 0) is 10.9 Å². The summed E-state index contributed by atoms with van der Waals surface area (Å²) in [4.78, 5) is 22.2. The molecule has 0 saturated carbocycles. The van der Waals surface area contributed by atoms with Crippen molar-refractivity contribution in [3.63, 3.8) is 0 Å². The lowest BCUT2D eigenvalue weighted by atomic mass is 10.1. The topological polar surface area (TPSA) is 81.3 Å². The van der Waals surface area contributed by atoms with Gasteiger partial charge >= 0.3 is 12.3 Å². The van der Waals surface area contributed by atoms with Gasteiger partial charge in [-0.1, -0.05) is 23.7 Å². The number of rotatable bonds is 5. The number of nitrogens with zero attached hydrogens (tertiary/aromatic N) is 3. The van der Waals surface area contributed by atoms with Crippen LogP contribution in [0.2, 0.25) is 5.02 Å². The number of hydrogen-bond donors (Lipinski definition) is 1. The van der Waals surface area contributed by atoms with E-state index in [1.165, 1.54) is 6.20 Å². The van der Waals surface area contributed by atoms with Crippen molar-refractivity contribution in [3.05, 3.63) is 71.4 Å². The third-order valence-corrected chi connectivity index (χ3v) is 4.30. The SMILES string of the molecule is CC(N)COC(=O)N(c1ccc(C(F)(F)F)cc1)c1nccc(-c2cccc(Cl)c2)n1. The number of aromatic nitrogens is 2. The van der Waals surface area contributed by atoms with Crippen LogP contribution in [0.25, 0.3) is 11.3 Å². The van der Waals surface area contributed by atoms with Crippen molar-refractivity contribution >= 4 is 29.3 Å². The zero-order chi connectivity index (χ0) is 22.6. The minimum atomic E-state index is -4.51. The molecule has 2 aromatic carbocycles. The van der Waals surface area contributed by atoms with E-state index < -0.39 is 23.9 Å². The molecule has 0 aliphatic rings. The van der Waals surface area contributed by atoms with Gasteiger partial charge in [-0.25, -0.2) is 19.7 Å².